The van der Waals surface area contributed by atoms with Crippen molar-refractivity contribution < 1.29 is 9.47 Å². The molecule has 0 bridgehead atoms. The molecular formula is C19H30IN3O2. The molecule has 0 aliphatic carbocycles. The number of nitrogens with one attached hydrogen (secondary N) is 1. The second-order valence-corrected chi connectivity index (χ2v) is 6.64. The van der Waals surface area contributed by atoms with Crippen molar-refractivity contribution in [1.82, 2.24) is 10.2 Å². The van der Waals surface area contributed by atoms with Gasteiger partial charge in [0, 0.05) is 45.6 Å². The minimum atomic E-state index is 0. The molecule has 2 aliphatic heterocycles. The molecule has 2 heterocycles. The molecule has 0 saturated carbocycles. The summed E-state index contributed by atoms with van der Waals surface area (Å²) < 4.78 is 11.0. The van der Waals surface area contributed by atoms with Crippen LogP contribution in [0.2, 0.25) is 0 Å². The third kappa shape index (κ3) is 5.74. The number of fused-ring (bicyclic) bond motifs is 1. The molecule has 1 aromatic rings. The topological polar surface area (TPSA) is 46.1 Å². The Kier molecular flexibility index (Phi) is 8.29. The van der Waals surface area contributed by atoms with Crippen molar-refractivity contribution in [3.05, 3.63) is 29.3 Å². The first-order chi connectivity index (χ1) is 11.8. The Balaban J connectivity index is 0.00000225. The van der Waals surface area contributed by atoms with Crippen molar-refractivity contribution in [1.29, 1.82) is 0 Å². The second-order valence-electron chi connectivity index (χ2n) is 6.64. The molecule has 6 heteroatoms. The van der Waals surface area contributed by atoms with Crippen LogP contribution in [0.4, 0.5) is 0 Å². The first kappa shape index (κ1) is 20.3. The Labute approximate surface area is 168 Å². The second kappa shape index (κ2) is 10.2. The molecule has 1 unspecified atom stereocenters. The zero-order valence-electron chi connectivity index (χ0n) is 15.3. The van der Waals surface area contributed by atoms with Gasteiger partial charge in [-0.05, 0) is 37.0 Å². The summed E-state index contributed by atoms with van der Waals surface area (Å²) in [4.78, 5) is 7.04. The molecule has 1 N–H and O–H groups in total. The molecule has 1 aromatic carbocycles. The summed E-state index contributed by atoms with van der Waals surface area (Å²) in [6.07, 6.45) is 3.14. The maximum absolute atomic E-state index is 5.57. The van der Waals surface area contributed by atoms with Gasteiger partial charge in [-0.2, -0.15) is 0 Å². The molecule has 140 valence electrons. The van der Waals surface area contributed by atoms with Crippen molar-refractivity contribution in [2.45, 2.75) is 26.2 Å². The van der Waals surface area contributed by atoms with Crippen LogP contribution in [-0.4, -0.2) is 57.4 Å². The lowest BCUT2D eigenvalue weighted by Crippen LogP contribution is -2.41. The van der Waals surface area contributed by atoms with Crippen LogP contribution < -0.4 is 10.1 Å². The van der Waals surface area contributed by atoms with Gasteiger partial charge < -0.3 is 19.7 Å². The monoisotopic (exact) mass is 459 g/mol. The van der Waals surface area contributed by atoms with Gasteiger partial charge in [0.05, 0.1) is 13.2 Å². The van der Waals surface area contributed by atoms with Gasteiger partial charge in [0.25, 0.3) is 0 Å². The van der Waals surface area contributed by atoms with Crippen LogP contribution in [0.5, 0.6) is 5.75 Å². The molecule has 25 heavy (non-hydrogen) atoms. The quantitative estimate of drug-likeness (QED) is 0.404. The summed E-state index contributed by atoms with van der Waals surface area (Å²) in [6, 6.07) is 6.52. The lowest BCUT2D eigenvalue weighted by molar-refractivity contribution is 0.181. The van der Waals surface area contributed by atoms with E-state index in [0.29, 0.717) is 5.92 Å². The molecule has 0 radical (unpaired) electrons. The number of ether oxygens (including phenoxy) is 2. The van der Waals surface area contributed by atoms with E-state index in [-0.39, 0.29) is 24.0 Å². The number of aliphatic imine (C=N–C) groups is 1. The fourth-order valence-corrected chi connectivity index (χ4v) is 3.36. The molecule has 2 aliphatic rings. The van der Waals surface area contributed by atoms with E-state index in [1.54, 1.807) is 0 Å². The van der Waals surface area contributed by atoms with Crippen molar-refractivity contribution in [2.75, 3.05) is 46.5 Å². The Bertz CT molecular complexity index is 574. The van der Waals surface area contributed by atoms with Gasteiger partial charge in [-0.25, -0.2) is 0 Å². The summed E-state index contributed by atoms with van der Waals surface area (Å²) in [5.41, 5.74) is 2.67. The van der Waals surface area contributed by atoms with Crippen LogP contribution in [0, 0.1) is 5.92 Å². The van der Waals surface area contributed by atoms with E-state index in [9.17, 15) is 0 Å². The van der Waals surface area contributed by atoms with Crippen molar-refractivity contribution >= 4 is 29.9 Å². The average molecular weight is 459 g/mol. The molecule has 0 amide bonds. The molecule has 1 fully saturated rings. The van der Waals surface area contributed by atoms with Crippen LogP contribution in [0.25, 0.3) is 0 Å². The van der Waals surface area contributed by atoms with E-state index in [1.165, 1.54) is 11.1 Å². The zero-order chi connectivity index (χ0) is 16.8. The largest absolute Gasteiger partial charge is 0.493 e. The van der Waals surface area contributed by atoms with Gasteiger partial charge in [-0.3, -0.25) is 4.99 Å². The van der Waals surface area contributed by atoms with Gasteiger partial charge >= 0.3 is 0 Å². The summed E-state index contributed by atoms with van der Waals surface area (Å²) in [5.74, 6) is 2.67. The van der Waals surface area contributed by atoms with Crippen LogP contribution in [0.1, 0.15) is 24.5 Å². The Morgan fingerprint density at radius 3 is 3.00 bits per heavy atom. The number of nitrogens with zero attached hydrogens (tertiary/aromatic N) is 2. The highest BCUT2D eigenvalue weighted by Gasteiger charge is 2.19. The normalized spacial score (nSPS) is 19.1. The summed E-state index contributed by atoms with van der Waals surface area (Å²) in [6.45, 7) is 7.39. The van der Waals surface area contributed by atoms with E-state index < -0.39 is 0 Å². The summed E-state index contributed by atoms with van der Waals surface area (Å²) in [5, 5.41) is 3.40. The van der Waals surface area contributed by atoms with E-state index >= 15 is 0 Å². The van der Waals surface area contributed by atoms with Crippen LogP contribution in [0.15, 0.2) is 23.2 Å². The van der Waals surface area contributed by atoms with Gasteiger partial charge in [0.1, 0.15) is 5.75 Å². The smallest absolute Gasteiger partial charge is 0.193 e. The average Bonchev–Trinajstić information content (AvgIpc) is 3.24. The Morgan fingerprint density at radius 1 is 1.36 bits per heavy atom. The lowest BCUT2D eigenvalue weighted by Gasteiger charge is -2.24. The van der Waals surface area contributed by atoms with Crippen molar-refractivity contribution in [2.24, 2.45) is 10.9 Å². The van der Waals surface area contributed by atoms with E-state index in [2.05, 4.69) is 42.4 Å². The van der Waals surface area contributed by atoms with Gasteiger partial charge in [-0.15, -0.1) is 24.0 Å². The summed E-state index contributed by atoms with van der Waals surface area (Å²) in [7, 11) is 2.12. The predicted octanol–water partition coefficient (Wildman–Crippen LogP) is 2.72. The molecule has 3 rings (SSSR count). The highest BCUT2D eigenvalue weighted by Crippen LogP contribution is 2.26. The van der Waals surface area contributed by atoms with Crippen LogP contribution in [0.3, 0.4) is 0 Å². The lowest BCUT2D eigenvalue weighted by atomic mass is 10.1. The summed E-state index contributed by atoms with van der Waals surface area (Å²) >= 11 is 0. The number of benzene rings is 1. The zero-order valence-corrected chi connectivity index (χ0v) is 17.6. The fraction of sp³-hybridized carbons (Fsp3) is 0.632. The van der Waals surface area contributed by atoms with Gasteiger partial charge in [0.15, 0.2) is 5.96 Å². The predicted molar refractivity (Wildman–Crippen MR) is 112 cm³/mol. The first-order valence-electron chi connectivity index (χ1n) is 9.08. The number of guanidine groups is 1. The number of hydrogen-bond donors (Lipinski definition) is 1. The van der Waals surface area contributed by atoms with E-state index in [1.807, 2.05) is 0 Å². The Hall–Kier alpha value is -1.02. The maximum atomic E-state index is 5.57. The number of rotatable bonds is 6. The van der Waals surface area contributed by atoms with Crippen molar-refractivity contribution in [3.63, 3.8) is 0 Å². The highest BCUT2D eigenvalue weighted by atomic mass is 127. The third-order valence-corrected chi connectivity index (χ3v) is 4.67. The van der Waals surface area contributed by atoms with E-state index in [0.717, 1.165) is 70.4 Å². The van der Waals surface area contributed by atoms with E-state index in [4.69, 9.17) is 14.5 Å². The standard InChI is InChI=1S/C19H29N3O2.HI/c1-3-20-19(22(2)13-16-7-10-23-14-16)21-9-6-15-4-5-18-17(12-15)8-11-24-18;/h4-5,12,16H,3,6-11,13-14H2,1-2H3,(H,20,21);1H. The maximum Gasteiger partial charge on any atom is 0.193 e. The Morgan fingerprint density at radius 2 is 2.24 bits per heavy atom. The fourth-order valence-electron chi connectivity index (χ4n) is 3.36. The molecule has 0 spiro atoms. The highest BCUT2D eigenvalue weighted by molar-refractivity contribution is 14.0. The SMILES string of the molecule is CCNC(=NCCc1ccc2c(c1)CCO2)N(C)CC1CCOC1.I. The number of halogens is 1. The third-order valence-electron chi connectivity index (χ3n) is 4.67. The minimum absolute atomic E-state index is 0. The van der Waals surface area contributed by atoms with Crippen LogP contribution >= 0.6 is 24.0 Å². The number of hydrogen-bond acceptors (Lipinski definition) is 3. The molecular weight excluding hydrogens is 429 g/mol. The molecule has 1 atom stereocenters. The molecule has 5 nitrogen and oxygen atoms in total. The van der Waals surface area contributed by atoms with Crippen LogP contribution in [-0.2, 0) is 17.6 Å². The van der Waals surface area contributed by atoms with Crippen molar-refractivity contribution in [3.8, 4) is 5.75 Å². The van der Waals surface area contributed by atoms with Gasteiger partial charge in [0.2, 0.25) is 0 Å². The minimum Gasteiger partial charge on any atom is -0.493 e. The molecule has 0 aromatic heterocycles. The first-order valence-corrected chi connectivity index (χ1v) is 9.08. The molecule has 1 saturated heterocycles. The van der Waals surface area contributed by atoms with Gasteiger partial charge in [-0.1, -0.05) is 12.1 Å².